The lowest BCUT2D eigenvalue weighted by atomic mass is 9.93. The monoisotopic (exact) mass is 288 g/mol. The zero-order chi connectivity index (χ0) is 14.1. The summed E-state index contributed by atoms with van der Waals surface area (Å²) in [7, 11) is 0. The van der Waals surface area contributed by atoms with E-state index in [1.165, 1.54) is 0 Å². The SMILES string of the molecule is CCOC(=O)C1Oc2ccccc2-c2ccc(Cl)cc21. The Morgan fingerprint density at radius 1 is 1.25 bits per heavy atom. The highest BCUT2D eigenvalue weighted by atomic mass is 35.5. The molecule has 1 heterocycles. The van der Waals surface area contributed by atoms with Crippen LogP contribution in [0.5, 0.6) is 5.75 Å². The van der Waals surface area contributed by atoms with Crippen LogP contribution < -0.4 is 4.74 Å². The minimum atomic E-state index is -0.765. The highest BCUT2D eigenvalue weighted by Crippen LogP contribution is 2.43. The fraction of sp³-hybridized carbons (Fsp3) is 0.188. The van der Waals surface area contributed by atoms with Crippen LogP contribution in [0.3, 0.4) is 0 Å². The molecule has 0 saturated heterocycles. The Morgan fingerprint density at radius 2 is 2.05 bits per heavy atom. The minimum absolute atomic E-state index is 0.316. The molecule has 1 atom stereocenters. The fourth-order valence-corrected chi connectivity index (χ4v) is 2.55. The number of fused-ring (bicyclic) bond motifs is 3. The third-order valence-electron chi connectivity index (χ3n) is 3.22. The second-order valence-corrected chi connectivity index (χ2v) is 4.91. The molecule has 0 spiro atoms. The van der Waals surface area contributed by atoms with Gasteiger partial charge in [-0.1, -0.05) is 35.9 Å². The first-order valence-electron chi connectivity index (χ1n) is 6.43. The van der Waals surface area contributed by atoms with Crippen molar-refractivity contribution in [2.45, 2.75) is 13.0 Å². The predicted octanol–water partition coefficient (Wildman–Crippen LogP) is 4.00. The highest BCUT2D eigenvalue weighted by Gasteiger charge is 2.32. The van der Waals surface area contributed by atoms with Crippen LogP contribution in [0, 0.1) is 0 Å². The van der Waals surface area contributed by atoms with Crippen molar-refractivity contribution in [3.05, 3.63) is 53.1 Å². The van der Waals surface area contributed by atoms with Crippen LogP contribution in [0.25, 0.3) is 11.1 Å². The number of rotatable bonds is 2. The van der Waals surface area contributed by atoms with Crippen LogP contribution in [0.1, 0.15) is 18.6 Å². The average Bonchev–Trinajstić information content (AvgIpc) is 2.46. The summed E-state index contributed by atoms with van der Waals surface area (Å²) in [5.74, 6) is 0.283. The number of esters is 1. The number of ether oxygens (including phenoxy) is 2. The Bertz CT molecular complexity index is 667. The zero-order valence-electron chi connectivity index (χ0n) is 10.9. The Kier molecular flexibility index (Phi) is 3.36. The number of benzene rings is 2. The molecule has 0 saturated carbocycles. The summed E-state index contributed by atoms with van der Waals surface area (Å²) in [6, 6.07) is 13.1. The van der Waals surface area contributed by atoms with Gasteiger partial charge in [0.05, 0.1) is 6.61 Å². The number of hydrogen-bond acceptors (Lipinski definition) is 3. The molecule has 20 heavy (non-hydrogen) atoms. The molecule has 0 radical (unpaired) electrons. The first kappa shape index (κ1) is 13.0. The Labute approximate surface area is 122 Å². The number of para-hydroxylation sites is 1. The molecule has 1 aliphatic heterocycles. The van der Waals surface area contributed by atoms with Crippen molar-refractivity contribution in [1.29, 1.82) is 0 Å². The third-order valence-corrected chi connectivity index (χ3v) is 3.45. The summed E-state index contributed by atoms with van der Waals surface area (Å²) in [4.78, 5) is 12.1. The molecular weight excluding hydrogens is 276 g/mol. The van der Waals surface area contributed by atoms with Gasteiger partial charge in [0.25, 0.3) is 0 Å². The van der Waals surface area contributed by atoms with Crippen LogP contribution in [0.2, 0.25) is 5.02 Å². The van der Waals surface area contributed by atoms with E-state index >= 15 is 0 Å². The van der Waals surface area contributed by atoms with Crippen molar-refractivity contribution in [3.63, 3.8) is 0 Å². The standard InChI is InChI=1S/C16H13ClO3/c1-2-19-16(18)15-13-9-10(17)7-8-11(13)12-5-3-4-6-14(12)20-15/h3-9,15H,2H2,1H3. The molecule has 0 amide bonds. The summed E-state index contributed by atoms with van der Waals surface area (Å²) in [5, 5.41) is 0.570. The van der Waals surface area contributed by atoms with Crippen LogP contribution in [-0.4, -0.2) is 12.6 Å². The fourth-order valence-electron chi connectivity index (χ4n) is 2.37. The van der Waals surface area contributed by atoms with Gasteiger partial charge in [0, 0.05) is 16.1 Å². The lowest BCUT2D eigenvalue weighted by Crippen LogP contribution is -2.24. The van der Waals surface area contributed by atoms with Crippen molar-refractivity contribution < 1.29 is 14.3 Å². The molecule has 0 N–H and O–H groups in total. The van der Waals surface area contributed by atoms with Gasteiger partial charge in [-0.05, 0) is 30.7 Å². The number of carbonyl (C=O) groups excluding carboxylic acids is 1. The van der Waals surface area contributed by atoms with Gasteiger partial charge in [-0.2, -0.15) is 0 Å². The summed E-state index contributed by atoms with van der Waals surface area (Å²) in [6.45, 7) is 2.09. The van der Waals surface area contributed by atoms with Crippen molar-refractivity contribution in [2.75, 3.05) is 6.61 Å². The van der Waals surface area contributed by atoms with Crippen LogP contribution in [0.4, 0.5) is 0 Å². The first-order valence-corrected chi connectivity index (χ1v) is 6.80. The van der Waals surface area contributed by atoms with E-state index in [-0.39, 0.29) is 0 Å². The van der Waals surface area contributed by atoms with Crippen LogP contribution in [-0.2, 0) is 9.53 Å². The summed E-state index contributed by atoms with van der Waals surface area (Å²) < 4.78 is 10.9. The Morgan fingerprint density at radius 3 is 2.85 bits per heavy atom. The van der Waals surface area contributed by atoms with Crippen molar-refractivity contribution >= 4 is 17.6 Å². The minimum Gasteiger partial charge on any atom is -0.473 e. The third kappa shape index (κ3) is 2.14. The van der Waals surface area contributed by atoms with Gasteiger partial charge < -0.3 is 9.47 Å². The maximum atomic E-state index is 12.1. The highest BCUT2D eigenvalue weighted by molar-refractivity contribution is 6.30. The average molecular weight is 289 g/mol. The molecule has 1 aliphatic rings. The molecular formula is C16H13ClO3. The van der Waals surface area contributed by atoms with Gasteiger partial charge in [-0.15, -0.1) is 0 Å². The Hall–Kier alpha value is -2.00. The van der Waals surface area contributed by atoms with Crippen molar-refractivity contribution in [3.8, 4) is 16.9 Å². The molecule has 0 bridgehead atoms. The quantitative estimate of drug-likeness (QED) is 0.784. The molecule has 0 aromatic heterocycles. The van der Waals surface area contributed by atoms with E-state index in [1.54, 1.807) is 13.0 Å². The second kappa shape index (κ2) is 5.17. The normalized spacial score (nSPS) is 15.8. The zero-order valence-corrected chi connectivity index (χ0v) is 11.7. The summed E-state index contributed by atoms with van der Waals surface area (Å²) in [5.41, 5.74) is 2.66. The molecule has 3 nitrogen and oxygen atoms in total. The van der Waals surface area contributed by atoms with E-state index in [0.717, 1.165) is 16.7 Å². The largest absolute Gasteiger partial charge is 0.473 e. The molecule has 3 rings (SSSR count). The van der Waals surface area contributed by atoms with Crippen LogP contribution >= 0.6 is 11.6 Å². The lowest BCUT2D eigenvalue weighted by molar-refractivity contribution is -0.151. The van der Waals surface area contributed by atoms with Gasteiger partial charge in [0.2, 0.25) is 6.10 Å². The van der Waals surface area contributed by atoms with Gasteiger partial charge in [0.1, 0.15) is 5.75 Å². The van der Waals surface area contributed by atoms with E-state index in [1.807, 2.05) is 36.4 Å². The maximum Gasteiger partial charge on any atom is 0.352 e. The molecule has 1 unspecified atom stereocenters. The number of hydrogen-bond donors (Lipinski definition) is 0. The van der Waals surface area contributed by atoms with E-state index in [4.69, 9.17) is 21.1 Å². The van der Waals surface area contributed by atoms with Gasteiger partial charge in [0.15, 0.2) is 0 Å². The molecule has 0 fully saturated rings. The molecule has 102 valence electrons. The molecule has 4 heteroatoms. The summed E-state index contributed by atoms with van der Waals surface area (Å²) in [6.07, 6.45) is -0.765. The van der Waals surface area contributed by atoms with Gasteiger partial charge in [-0.3, -0.25) is 0 Å². The molecule has 2 aromatic carbocycles. The molecule has 0 aliphatic carbocycles. The Balaban J connectivity index is 2.15. The maximum absolute atomic E-state index is 12.1. The first-order chi connectivity index (χ1) is 9.70. The smallest absolute Gasteiger partial charge is 0.352 e. The van der Waals surface area contributed by atoms with Gasteiger partial charge >= 0.3 is 5.97 Å². The van der Waals surface area contributed by atoms with Crippen molar-refractivity contribution in [2.24, 2.45) is 0 Å². The number of carbonyl (C=O) groups is 1. The van der Waals surface area contributed by atoms with Crippen LogP contribution in [0.15, 0.2) is 42.5 Å². The van der Waals surface area contributed by atoms with E-state index in [9.17, 15) is 4.79 Å². The second-order valence-electron chi connectivity index (χ2n) is 4.48. The topological polar surface area (TPSA) is 35.5 Å². The predicted molar refractivity (Wildman–Crippen MR) is 76.9 cm³/mol. The summed E-state index contributed by atoms with van der Waals surface area (Å²) >= 11 is 6.04. The van der Waals surface area contributed by atoms with Gasteiger partial charge in [-0.25, -0.2) is 4.79 Å². The number of halogens is 1. The van der Waals surface area contributed by atoms with E-state index in [0.29, 0.717) is 17.4 Å². The van der Waals surface area contributed by atoms with Crippen molar-refractivity contribution in [1.82, 2.24) is 0 Å². The van der Waals surface area contributed by atoms with E-state index < -0.39 is 12.1 Å². The molecule has 2 aromatic rings. The lowest BCUT2D eigenvalue weighted by Gasteiger charge is -2.27. The van der Waals surface area contributed by atoms with E-state index in [2.05, 4.69) is 0 Å².